The maximum Gasteiger partial charge on any atom is 0.315 e. The van der Waals surface area contributed by atoms with E-state index in [-0.39, 0.29) is 6.54 Å². The molecule has 0 aromatic heterocycles. The van der Waals surface area contributed by atoms with E-state index in [1.165, 1.54) is 0 Å². The van der Waals surface area contributed by atoms with Crippen LogP contribution in [0.2, 0.25) is 5.02 Å². The Morgan fingerprint density at radius 3 is 2.32 bits per heavy atom. The highest BCUT2D eigenvalue weighted by Gasteiger charge is 2.27. The van der Waals surface area contributed by atoms with Crippen LogP contribution >= 0.6 is 11.6 Å². The van der Waals surface area contributed by atoms with Crippen LogP contribution in [0.25, 0.3) is 0 Å². The van der Waals surface area contributed by atoms with Crippen LogP contribution in [0.5, 0.6) is 0 Å². The fourth-order valence-electron chi connectivity index (χ4n) is 1.22. The summed E-state index contributed by atoms with van der Waals surface area (Å²) in [5.41, 5.74) is -0.0745. The molecule has 6 heteroatoms. The zero-order valence-corrected chi connectivity index (χ0v) is 11.6. The average Bonchev–Trinajstić information content (AvgIpc) is 2.35. The maximum absolute atomic E-state index is 11.5. The molecule has 0 heterocycles. The second-order valence-electron chi connectivity index (χ2n) is 4.85. The van der Waals surface area contributed by atoms with Crippen molar-refractivity contribution in [1.82, 2.24) is 10.6 Å². The summed E-state index contributed by atoms with van der Waals surface area (Å²) in [6, 6.07) is 6.70. The summed E-state index contributed by atoms with van der Waals surface area (Å²) < 4.78 is 0. The Balaban J connectivity index is 2.36. The number of benzene rings is 1. The Morgan fingerprint density at radius 2 is 1.79 bits per heavy atom. The summed E-state index contributed by atoms with van der Waals surface area (Å²) >= 11 is 5.75. The van der Waals surface area contributed by atoms with Gasteiger partial charge >= 0.3 is 12.0 Å². The first-order valence-corrected chi connectivity index (χ1v) is 6.18. The second kappa shape index (κ2) is 6.43. The summed E-state index contributed by atoms with van der Waals surface area (Å²) in [6.07, 6.45) is 0. The molecular weight excluding hydrogens is 268 g/mol. The lowest BCUT2D eigenvalue weighted by Crippen LogP contribution is -2.43. The first-order chi connectivity index (χ1) is 8.81. The van der Waals surface area contributed by atoms with Gasteiger partial charge in [-0.15, -0.1) is 0 Å². The molecule has 0 atom stereocenters. The van der Waals surface area contributed by atoms with Gasteiger partial charge in [0, 0.05) is 18.1 Å². The van der Waals surface area contributed by atoms with Crippen LogP contribution in [0.1, 0.15) is 19.4 Å². The van der Waals surface area contributed by atoms with E-state index < -0.39 is 17.4 Å². The number of amides is 2. The minimum absolute atomic E-state index is 0.0643. The molecule has 1 aromatic rings. The highest BCUT2D eigenvalue weighted by atomic mass is 35.5. The van der Waals surface area contributed by atoms with Crippen molar-refractivity contribution in [3.63, 3.8) is 0 Å². The van der Waals surface area contributed by atoms with Crippen molar-refractivity contribution in [3.05, 3.63) is 34.9 Å². The van der Waals surface area contributed by atoms with Crippen molar-refractivity contribution >= 4 is 23.6 Å². The fraction of sp³-hybridized carbons (Fsp3) is 0.385. The lowest BCUT2D eigenvalue weighted by Gasteiger charge is -2.19. The second-order valence-corrected chi connectivity index (χ2v) is 5.29. The molecule has 3 N–H and O–H groups in total. The third kappa shape index (κ3) is 5.18. The molecule has 2 amide bonds. The summed E-state index contributed by atoms with van der Waals surface area (Å²) in [4.78, 5) is 22.4. The molecule has 5 nitrogen and oxygen atoms in total. The number of carbonyl (C=O) groups excluding carboxylic acids is 1. The average molecular weight is 285 g/mol. The van der Waals surface area contributed by atoms with Gasteiger partial charge in [0.05, 0.1) is 5.41 Å². The molecule has 0 unspecified atom stereocenters. The topological polar surface area (TPSA) is 78.4 Å². The fourth-order valence-corrected chi connectivity index (χ4v) is 1.35. The molecule has 0 saturated carbocycles. The summed E-state index contributed by atoms with van der Waals surface area (Å²) in [5, 5.41) is 14.7. The number of carboxylic acid groups (broad SMARTS) is 1. The van der Waals surface area contributed by atoms with Crippen molar-refractivity contribution in [2.45, 2.75) is 20.4 Å². The Bertz CT molecular complexity index is 457. The van der Waals surface area contributed by atoms with Crippen molar-refractivity contribution in [2.24, 2.45) is 5.41 Å². The van der Waals surface area contributed by atoms with Gasteiger partial charge in [-0.2, -0.15) is 0 Å². The van der Waals surface area contributed by atoms with E-state index in [9.17, 15) is 9.59 Å². The number of hydrogen-bond acceptors (Lipinski definition) is 2. The van der Waals surface area contributed by atoms with Crippen LogP contribution in [-0.2, 0) is 11.3 Å². The first kappa shape index (κ1) is 15.3. The number of carboxylic acids is 1. The van der Waals surface area contributed by atoms with Gasteiger partial charge in [-0.3, -0.25) is 4.79 Å². The monoisotopic (exact) mass is 284 g/mol. The van der Waals surface area contributed by atoms with Crippen LogP contribution in [0.3, 0.4) is 0 Å². The van der Waals surface area contributed by atoms with Gasteiger partial charge in [0.2, 0.25) is 0 Å². The summed E-state index contributed by atoms with van der Waals surface area (Å²) in [7, 11) is 0. The molecule has 0 fully saturated rings. The van der Waals surface area contributed by atoms with Gasteiger partial charge in [-0.1, -0.05) is 23.7 Å². The molecular formula is C13H17ClN2O3. The van der Waals surface area contributed by atoms with E-state index in [0.29, 0.717) is 11.6 Å². The molecule has 0 aliphatic heterocycles. The zero-order chi connectivity index (χ0) is 14.5. The van der Waals surface area contributed by atoms with Crippen molar-refractivity contribution in [1.29, 1.82) is 0 Å². The zero-order valence-electron chi connectivity index (χ0n) is 10.9. The van der Waals surface area contributed by atoms with E-state index in [2.05, 4.69) is 10.6 Å². The van der Waals surface area contributed by atoms with E-state index in [1.54, 1.807) is 26.0 Å². The molecule has 0 aliphatic rings. The smallest absolute Gasteiger partial charge is 0.315 e. The Labute approximate surface area is 117 Å². The Kier molecular flexibility index (Phi) is 5.18. The molecule has 1 aromatic carbocycles. The number of nitrogens with one attached hydrogen (secondary N) is 2. The third-order valence-electron chi connectivity index (χ3n) is 2.64. The molecule has 0 spiro atoms. The van der Waals surface area contributed by atoms with Crippen molar-refractivity contribution in [2.75, 3.05) is 6.54 Å². The standard InChI is InChI=1S/C13H17ClN2O3/c1-13(2,11(17)18)8-16-12(19)15-7-9-3-5-10(14)6-4-9/h3-6H,7-8H2,1-2H3,(H,17,18)(H2,15,16,19). The maximum atomic E-state index is 11.5. The summed E-state index contributed by atoms with van der Waals surface area (Å²) in [5.74, 6) is -0.953. The number of hydrogen-bond donors (Lipinski definition) is 3. The molecule has 0 bridgehead atoms. The van der Waals surface area contributed by atoms with E-state index in [0.717, 1.165) is 5.56 Å². The molecule has 0 aliphatic carbocycles. The quantitative estimate of drug-likeness (QED) is 0.776. The SMILES string of the molecule is CC(C)(CNC(=O)NCc1ccc(Cl)cc1)C(=O)O. The predicted octanol–water partition coefficient (Wildman–Crippen LogP) is 2.25. The van der Waals surface area contributed by atoms with E-state index >= 15 is 0 Å². The van der Waals surface area contributed by atoms with Gasteiger partial charge in [-0.05, 0) is 31.5 Å². The Hall–Kier alpha value is -1.75. The minimum Gasteiger partial charge on any atom is -0.481 e. The third-order valence-corrected chi connectivity index (χ3v) is 2.89. The van der Waals surface area contributed by atoms with Crippen LogP contribution in [0.15, 0.2) is 24.3 Å². The van der Waals surface area contributed by atoms with Crippen molar-refractivity contribution in [3.8, 4) is 0 Å². The van der Waals surface area contributed by atoms with E-state index in [1.807, 2.05) is 12.1 Å². The van der Waals surface area contributed by atoms with Gasteiger partial charge < -0.3 is 15.7 Å². The lowest BCUT2D eigenvalue weighted by molar-refractivity contribution is -0.146. The van der Waals surface area contributed by atoms with Gasteiger partial charge in [-0.25, -0.2) is 4.79 Å². The van der Waals surface area contributed by atoms with E-state index in [4.69, 9.17) is 16.7 Å². The first-order valence-electron chi connectivity index (χ1n) is 5.81. The lowest BCUT2D eigenvalue weighted by atomic mass is 9.94. The summed E-state index contributed by atoms with van der Waals surface area (Å²) in [6.45, 7) is 3.52. The predicted molar refractivity (Wildman–Crippen MR) is 73.1 cm³/mol. The van der Waals surface area contributed by atoms with Gasteiger partial charge in [0.25, 0.3) is 0 Å². The number of aliphatic carboxylic acids is 1. The van der Waals surface area contributed by atoms with Crippen molar-refractivity contribution < 1.29 is 14.7 Å². The molecule has 0 radical (unpaired) electrons. The van der Waals surface area contributed by atoms with Crippen LogP contribution < -0.4 is 10.6 Å². The van der Waals surface area contributed by atoms with Crippen LogP contribution in [0, 0.1) is 5.41 Å². The minimum atomic E-state index is -0.988. The molecule has 19 heavy (non-hydrogen) atoms. The largest absolute Gasteiger partial charge is 0.481 e. The highest BCUT2D eigenvalue weighted by molar-refractivity contribution is 6.30. The van der Waals surface area contributed by atoms with Gasteiger partial charge in [0.15, 0.2) is 0 Å². The molecule has 1 rings (SSSR count). The normalized spacial score (nSPS) is 10.9. The number of halogens is 1. The van der Waals surface area contributed by atoms with Crippen LogP contribution in [0.4, 0.5) is 4.79 Å². The van der Waals surface area contributed by atoms with Gasteiger partial charge in [0.1, 0.15) is 0 Å². The number of urea groups is 1. The van der Waals surface area contributed by atoms with Crippen LogP contribution in [-0.4, -0.2) is 23.7 Å². The highest BCUT2D eigenvalue weighted by Crippen LogP contribution is 2.13. The molecule has 104 valence electrons. The number of rotatable bonds is 5. The Morgan fingerprint density at radius 1 is 1.21 bits per heavy atom. The number of carbonyl (C=O) groups is 2. The molecule has 0 saturated heterocycles.